The van der Waals surface area contributed by atoms with Crippen molar-refractivity contribution in [3.8, 4) is 11.1 Å². The standard InChI is InChI=1S/C32H31N3O4/c1-21-5-3-4-6-28(21)29(20-30(35-39)27-15-17-33-22(2)19-27)25-11-7-23(8-12-25)24-9-13-26(14-10-24)32(38)34-18-16-31(36)37/h3-15,17,19,29,39H,16,18,20H2,1-2H3,(H,34,38)(H,36,37)/b35-30-. The van der Waals surface area contributed by atoms with Crippen LogP contribution in [0.5, 0.6) is 0 Å². The fraction of sp³-hybridized carbons (Fsp3) is 0.188. The van der Waals surface area contributed by atoms with E-state index in [1.54, 1.807) is 18.3 Å². The summed E-state index contributed by atoms with van der Waals surface area (Å²) in [4.78, 5) is 27.2. The molecule has 1 amide bonds. The van der Waals surface area contributed by atoms with Gasteiger partial charge in [0.2, 0.25) is 0 Å². The Morgan fingerprint density at radius 1 is 0.897 bits per heavy atom. The van der Waals surface area contributed by atoms with E-state index in [0.29, 0.717) is 17.7 Å². The number of nitrogens with one attached hydrogen (secondary N) is 1. The summed E-state index contributed by atoms with van der Waals surface area (Å²) in [6, 6.07) is 27.5. The van der Waals surface area contributed by atoms with Gasteiger partial charge >= 0.3 is 5.97 Å². The molecule has 0 saturated carbocycles. The number of pyridine rings is 1. The molecule has 3 aromatic carbocycles. The number of aliphatic carboxylic acids is 1. The summed E-state index contributed by atoms with van der Waals surface area (Å²) >= 11 is 0. The molecular weight excluding hydrogens is 490 g/mol. The van der Waals surface area contributed by atoms with Crippen LogP contribution in [0.2, 0.25) is 0 Å². The summed E-state index contributed by atoms with van der Waals surface area (Å²) in [5.74, 6) is -1.28. The fourth-order valence-electron chi connectivity index (χ4n) is 4.63. The summed E-state index contributed by atoms with van der Waals surface area (Å²) < 4.78 is 0. The van der Waals surface area contributed by atoms with Crippen molar-refractivity contribution >= 4 is 17.6 Å². The van der Waals surface area contributed by atoms with E-state index in [1.807, 2.05) is 43.3 Å². The Labute approximate surface area is 227 Å². The molecule has 39 heavy (non-hydrogen) atoms. The van der Waals surface area contributed by atoms with Crippen LogP contribution in [-0.4, -0.2) is 39.4 Å². The van der Waals surface area contributed by atoms with Gasteiger partial charge < -0.3 is 15.6 Å². The van der Waals surface area contributed by atoms with Crippen LogP contribution < -0.4 is 5.32 Å². The Hall–Kier alpha value is -4.78. The highest BCUT2D eigenvalue weighted by molar-refractivity contribution is 6.01. The van der Waals surface area contributed by atoms with Gasteiger partial charge in [0.25, 0.3) is 5.91 Å². The summed E-state index contributed by atoms with van der Waals surface area (Å²) in [5.41, 5.74) is 8.14. The second-order valence-electron chi connectivity index (χ2n) is 9.44. The van der Waals surface area contributed by atoms with Gasteiger partial charge in [0, 0.05) is 41.9 Å². The first-order valence-corrected chi connectivity index (χ1v) is 12.8. The van der Waals surface area contributed by atoms with Crippen molar-refractivity contribution in [3.63, 3.8) is 0 Å². The SMILES string of the molecule is Cc1cc(/C(CC(c2ccc(-c3ccc(C(=O)NCCC(=O)O)cc3)cc2)c2ccccc2C)=N\O)ccn1. The van der Waals surface area contributed by atoms with E-state index in [9.17, 15) is 14.8 Å². The maximum atomic E-state index is 12.3. The first kappa shape index (κ1) is 27.3. The number of hydrogen-bond donors (Lipinski definition) is 3. The molecule has 3 N–H and O–H groups in total. The van der Waals surface area contributed by atoms with Gasteiger partial charge in [-0.25, -0.2) is 0 Å². The molecule has 198 valence electrons. The number of hydrogen-bond acceptors (Lipinski definition) is 5. The molecule has 7 heteroatoms. The summed E-state index contributed by atoms with van der Waals surface area (Å²) in [7, 11) is 0. The molecule has 0 radical (unpaired) electrons. The lowest BCUT2D eigenvalue weighted by Crippen LogP contribution is -2.25. The molecule has 0 spiro atoms. The number of carboxylic acid groups (broad SMARTS) is 1. The van der Waals surface area contributed by atoms with Crippen molar-refractivity contribution in [1.29, 1.82) is 0 Å². The van der Waals surface area contributed by atoms with Gasteiger partial charge in [0.15, 0.2) is 0 Å². The first-order valence-electron chi connectivity index (χ1n) is 12.8. The maximum absolute atomic E-state index is 12.3. The van der Waals surface area contributed by atoms with Crippen LogP contribution in [-0.2, 0) is 4.79 Å². The van der Waals surface area contributed by atoms with E-state index in [2.05, 4.69) is 58.8 Å². The summed E-state index contributed by atoms with van der Waals surface area (Å²) in [6.07, 6.45) is 2.11. The predicted octanol–water partition coefficient (Wildman–Crippen LogP) is 5.97. The molecule has 1 unspecified atom stereocenters. The van der Waals surface area contributed by atoms with Gasteiger partial charge in [-0.05, 0) is 65.9 Å². The van der Waals surface area contributed by atoms with Crippen molar-refractivity contribution < 1.29 is 19.9 Å². The number of carbonyl (C=O) groups excluding carboxylic acids is 1. The molecule has 1 aromatic heterocycles. The third-order valence-corrected chi connectivity index (χ3v) is 6.73. The highest BCUT2D eigenvalue weighted by Gasteiger charge is 2.20. The average Bonchev–Trinajstić information content (AvgIpc) is 2.94. The maximum Gasteiger partial charge on any atom is 0.305 e. The molecule has 0 aliphatic carbocycles. The number of rotatable bonds is 10. The quantitative estimate of drug-likeness (QED) is 0.135. The average molecular weight is 522 g/mol. The fourth-order valence-corrected chi connectivity index (χ4v) is 4.63. The third kappa shape index (κ3) is 6.96. The van der Waals surface area contributed by atoms with E-state index in [-0.39, 0.29) is 24.8 Å². The van der Waals surface area contributed by atoms with Crippen LogP contribution in [0, 0.1) is 13.8 Å². The highest BCUT2D eigenvalue weighted by Crippen LogP contribution is 2.33. The number of benzene rings is 3. The van der Waals surface area contributed by atoms with Gasteiger partial charge in [-0.1, -0.05) is 65.8 Å². The van der Waals surface area contributed by atoms with E-state index >= 15 is 0 Å². The van der Waals surface area contributed by atoms with Crippen LogP contribution in [0.4, 0.5) is 0 Å². The summed E-state index contributed by atoms with van der Waals surface area (Å²) in [6.45, 7) is 4.08. The molecule has 0 aliphatic rings. The molecular formula is C32H31N3O4. The minimum absolute atomic E-state index is 0.0310. The molecule has 4 aromatic rings. The molecule has 0 bridgehead atoms. The van der Waals surface area contributed by atoms with Crippen LogP contribution in [0.1, 0.15) is 57.1 Å². The topological polar surface area (TPSA) is 112 Å². The lowest BCUT2D eigenvalue weighted by Gasteiger charge is -2.21. The zero-order valence-corrected chi connectivity index (χ0v) is 22.0. The smallest absolute Gasteiger partial charge is 0.305 e. The number of amides is 1. The van der Waals surface area contributed by atoms with Crippen molar-refractivity contribution in [1.82, 2.24) is 10.3 Å². The number of aryl methyl sites for hydroxylation is 2. The van der Waals surface area contributed by atoms with Crippen LogP contribution in [0.15, 0.2) is 96.3 Å². The Kier molecular flexibility index (Phi) is 8.84. The molecule has 0 fully saturated rings. The zero-order valence-electron chi connectivity index (χ0n) is 22.0. The van der Waals surface area contributed by atoms with Crippen LogP contribution in [0.3, 0.4) is 0 Å². The van der Waals surface area contributed by atoms with E-state index in [4.69, 9.17) is 5.11 Å². The van der Waals surface area contributed by atoms with Crippen molar-refractivity contribution in [2.75, 3.05) is 6.54 Å². The van der Waals surface area contributed by atoms with Crippen molar-refractivity contribution in [3.05, 3.63) is 125 Å². The van der Waals surface area contributed by atoms with E-state index in [0.717, 1.165) is 39.1 Å². The first-order chi connectivity index (χ1) is 18.9. The molecule has 7 nitrogen and oxygen atoms in total. The third-order valence-electron chi connectivity index (χ3n) is 6.73. The van der Waals surface area contributed by atoms with Crippen LogP contribution >= 0.6 is 0 Å². The largest absolute Gasteiger partial charge is 0.481 e. The van der Waals surface area contributed by atoms with Gasteiger partial charge in [-0.2, -0.15) is 0 Å². The number of oxime groups is 1. The predicted molar refractivity (Wildman–Crippen MR) is 151 cm³/mol. The second kappa shape index (κ2) is 12.6. The number of nitrogens with zero attached hydrogens (tertiary/aromatic N) is 2. The van der Waals surface area contributed by atoms with Gasteiger partial charge in [-0.3, -0.25) is 14.6 Å². The summed E-state index contributed by atoms with van der Waals surface area (Å²) in [5, 5.41) is 24.9. The van der Waals surface area contributed by atoms with Crippen molar-refractivity contribution in [2.45, 2.75) is 32.6 Å². The molecule has 0 aliphatic heterocycles. The van der Waals surface area contributed by atoms with E-state index < -0.39 is 5.97 Å². The zero-order chi connectivity index (χ0) is 27.8. The number of aromatic nitrogens is 1. The lowest BCUT2D eigenvalue weighted by atomic mass is 9.83. The molecule has 4 rings (SSSR count). The minimum atomic E-state index is -0.953. The normalized spacial score (nSPS) is 12.1. The van der Waals surface area contributed by atoms with Gasteiger partial charge in [0.1, 0.15) is 0 Å². The molecule has 1 heterocycles. The monoisotopic (exact) mass is 521 g/mol. The van der Waals surface area contributed by atoms with Crippen LogP contribution in [0.25, 0.3) is 11.1 Å². The highest BCUT2D eigenvalue weighted by atomic mass is 16.4. The lowest BCUT2D eigenvalue weighted by molar-refractivity contribution is -0.136. The Bertz CT molecular complexity index is 1480. The van der Waals surface area contributed by atoms with E-state index in [1.165, 1.54) is 0 Å². The molecule has 1 atom stereocenters. The second-order valence-corrected chi connectivity index (χ2v) is 9.44. The number of carbonyl (C=O) groups is 2. The number of carboxylic acids is 1. The molecule has 0 saturated heterocycles. The minimum Gasteiger partial charge on any atom is -0.481 e. The van der Waals surface area contributed by atoms with Gasteiger partial charge in [-0.15, -0.1) is 0 Å². The Balaban J connectivity index is 1.58. The Morgan fingerprint density at radius 2 is 1.56 bits per heavy atom. The van der Waals surface area contributed by atoms with Crippen molar-refractivity contribution in [2.24, 2.45) is 5.16 Å². The Morgan fingerprint density at radius 3 is 2.18 bits per heavy atom. The van der Waals surface area contributed by atoms with Gasteiger partial charge in [0.05, 0.1) is 12.1 Å².